The number of halogens is 3. The summed E-state index contributed by atoms with van der Waals surface area (Å²) in [6.07, 6.45) is -4.80. The molecule has 0 fully saturated rings. The summed E-state index contributed by atoms with van der Waals surface area (Å²) in [4.78, 5) is 13.3. The summed E-state index contributed by atoms with van der Waals surface area (Å²) in [6, 6.07) is 17.0. The summed E-state index contributed by atoms with van der Waals surface area (Å²) in [5.74, 6) is -0.650. The number of ether oxygens (including phenoxy) is 1. The molecule has 0 aliphatic carbocycles. The van der Waals surface area contributed by atoms with E-state index < -0.39 is 11.8 Å². The van der Waals surface area contributed by atoms with E-state index in [1.54, 1.807) is 12.1 Å². The van der Waals surface area contributed by atoms with Crippen molar-refractivity contribution in [1.82, 2.24) is 0 Å². The van der Waals surface area contributed by atoms with Crippen molar-refractivity contribution >= 4 is 11.6 Å². The average molecular weight is 399 g/mol. The van der Waals surface area contributed by atoms with Crippen LogP contribution in [0.5, 0.6) is 11.5 Å². The Bertz CT molecular complexity index is 1080. The number of hydrogen-bond acceptors (Lipinski definition) is 3. The zero-order valence-electron chi connectivity index (χ0n) is 15.2. The van der Waals surface area contributed by atoms with Crippen LogP contribution in [-0.4, -0.2) is 17.4 Å². The van der Waals surface area contributed by atoms with Gasteiger partial charge in [0.05, 0.1) is 0 Å². The predicted octanol–water partition coefficient (Wildman–Crippen LogP) is 4.89. The highest BCUT2D eigenvalue weighted by Gasteiger charge is 2.50. The minimum absolute atomic E-state index is 0.0423. The van der Waals surface area contributed by atoms with Gasteiger partial charge in [-0.25, -0.2) is 0 Å². The van der Waals surface area contributed by atoms with Crippen LogP contribution in [0, 0.1) is 6.92 Å². The third-order valence-corrected chi connectivity index (χ3v) is 5.08. The molecule has 29 heavy (non-hydrogen) atoms. The van der Waals surface area contributed by atoms with Gasteiger partial charge < -0.3 is 15.2 Å². The lowest BCUT2D eigenvalue weighted by Gasteiger charge is -2.29. The Kier molecular flexibility index (Phi) is 4.26. The van der Waals surface area contributed by atoms with Crippen LogP contribution in [-0.2, 0) is 10.2 Å². The second kappa shape index (κ2) is 6.55. The Hall–Kier alpha value is -3.48. The number of rotatable bonds is 3. The molecule has 3 aromatic rings. The highest BCUT2D eigenvalue weighted by atomic mass is 19.4. The van der Waals surface area contributed by atoms with E-state index in [1.165, 1.54) is 36.4 Å². The molecule has 4 nitrogen and oxygen atoms in total. The van der Waals surface area contributed by atoms with Crippen LogP contribution in [0.3, 0.4) is 0 Å². The van der Waals surface area contributed by atoms with E-state index in [0.717, 1.165) is 5.56 Å². The van der Waals surface area contributed by atoms with Crippen molar-refractivity contribution in [3.8, 4) is 11.5 Å². The SMILES string of the molecule is Cc1cccc2c1NC(=O)[C@@]2(c1ccc(O)cc1)c1ccc(OC(F)(F)F)cc1. The molecular formula is C22H16F3NO3. The first-order valence-corrected chi connectivity index (χ1v) is 8.79. The van der Waals surface area contributed by atoms with Gasteiger partial charge in [0.1, 0.15) is 16.9 Å². The van der Waals surface area contributed by atoms with Crippen LogP contribution in [0.4, 0.5) is 18.9 Å². The van der Waals surface area contributed by atoms with Gasteiger partial charge in [0, 0.05) is 11.3 Å². The number of carbonyl (C=O) groups is 1. The number of aromatic hydroxyl groups is 1. The maximum Gasteiger partial charge on any atom is 0.573 e. The maximum atomic E-state index is 13.3. The molecule has 0 aromatic heterocycles. The zero-order valence-corrected chi connectivity index (χ0v) is 15.2. The fourth-order valence-corrected chi connectivity index (χ4v) is 3.83. The molecule has 148 valence electrons. The number of phenols is 1. The van der Waals surface area contributed by atoms with Gasteiger partial charge in [-0.2, -0.15) is 0 Å². The Morgan fingerprint density at radius 3 is 2.10 bits per heavy atom. The number of amides is 1. The van der Waals surface area contributed by atoms with Gasteiger partial charge in [-0.15, -0.1) is 13.2 Å². The highest BCUT2D eigenvalue weighted by Crippen LogP contribution is 2.49. The standard InChI is InChI=1S/C22H16F3NO3/c1-13-3-2-4-18-19(13)26-20(28)21(18,14-5-9-16(27)10-6-14)15-7-11-17(12-8-15)29-22(23,24)25/h2-12,27H,1H3,(H,26,28)/t21-/m0/s1. The molecule has 1 aliphatic heterocycles. The quantitative estimate of drug-likeness (QED) is 0.660. The van der Waals surface area contributed by atoms with Gasteiger partial charge in [-0.05, 0) is 47.9 Å². The van der Waals surface area contributed by atoms with Gasteiger partial charge in [0.15, 0.2) is 0 Å². The lowest BCUT2D eigenvalue weighted by molar-refractivity contribution is -0.274. The summed E-state index contributed by atoms with van der Waals surface area (Å²) in [7, 11) is 0. The number of benzene rings is 3. The monoisotopic (exact) mass is 399 g/mol. The lowest BCUT2D eigenvalue weighted by atomic mass is 9.70. The molecule has 0 bridgehead atoms. The molecular weight excluding hydrogens is 383 g/mol. The van der Waals surface area contributed by atoms with Crippen LogP contribution >= 0.6 is 0 Å². The van der Waals surface area contributed by atoms with Crippen molar-refractivity contribution in [3.63, 3.8) is 0 Å². The maximum absolute atomic E-state index is 13.3. The Labute approximate surface area is 164 Å². The van der Waals surface area contributed by atoms with E-state index >= 15 is 0 Å². The molecule has 2 N–H and O–H groups in total. The molecule has 0 saturated carbocycles. The first kappa shape index (κ1) is 18.9. The van der Waals surface area contributed by atoms with E-state index in [2.05, 4.69) is 10.1 Å². The van der Waals surface area contributed by atoms with Crippen molar-refractivity contribution in [3.05, 3.63) is 89.0 Å². The van der Waals surface area contributed by atoms with Crippen molar-refractivity contribution in [1.29, 1.82) is 0 Å². The Balaban J connectivity index is 1.93. The second-order valence-electron chi connectivity index (χ2n) is 6.82. The van der Waals surface area contributed by atoms with E-state index in [0.29, 0.717) is 22.4 Å². The fraction of sp³-hybridized carbons (Fsp3) is 0.136. The third kappa shape index (κ3) is 3.08. The van der Waals surface area contributed by atoms with Crippen molar-refractivity contribution in [2.24, 2.45) is 0 Å². The molecule has 0 radical (unpaired) electrons. The largest absolute Gasteiger partial charge is 0.573 e. The number of para-hydroxylation sites is 1. The summed E-state index contributed by atoms with van der Waals surface area (Å²) in [5, 5.41) is 12.6. The number of anilines is 1. The first-order valence-electron chi connectivity index (χ1n) is 8.79. The number of carbonyl (C=O) groups excluding carboxylic acids is 1. The first-order chi connectivity index (χ1) is 13.7. The molecule has 1 heterocycles. The van der Waals surface area contributed by atoms with E-state index in [9.17, 15) is 23.1 Å². The average Bonchev–Trinajstić information content (AvgIpc) is 2.96. The third-order valence-electron chi connectivity index (χ3n) is 5.08. The molecule has 0 unspecified atom stereocenters. The molecule has 0 spiro atoms. The molecule has 0 saturated heterocycles. The molecule has 3 aromatic carbocycles. The summed E-state index contributed by atoms with van der Waals surface area (Å²) >= 11 is 0. The van der Waals surface area contributed by atoms with Crippen LogP contribution in [0.2, 0.25) is 0 Å². The number of fused-ring (bicyclic) bond motifs is 1. The number of aryl methyl sites for hydroxylation is 1. The molecule has 1 amide bonds. The highest BCUT2D eigenvalue weighted by molar-refractivity contribution is 6.12. The smallest absolute Gasteiger partial charge is 0.508 e. The van der Waals surface area contributed by atoms with Crippen molar-refractivity contribution in [2.75, 3.05) is 5.32 Å². The van der Waals surface area contributed by atoms with Crippen molar-refractivity contribution in [2.45, 2.75) is 18.7 Å². The summed E-state index contributed by atoms with van der Waals surface area (Å²) in [6.45, 7) is 1.87. The Morgan fingerprint density at radius 2 is 1.52 bits per heavy atom. The van der Waals surface area contributed by atoms with Gasteiger partial charge in [0.2, 0.25) is 5.91 Å². The molecule has 4 rings (SSSR count). The van der Waals surface area contributed by atoms with Gasteiger partial charge in [0.25, 0.3) is 0 Å². The van der Waals surface area contributed by atoms with E-state index in [-0.39, 0.29) is 17.4 Å². The van der Waals surface area contributed by atoms with E-state index in [1.807, 2.05) is 25.1 Å². The van der Waals surface area contributed by atoms with Gasteiger partial charge in [-0.1, -0.05) is 42.5 Å². The number of nitrogens with one attached hydrogen (secondary N) is 1. The number of hydrogen-bond donors (Lipinski definition) is 2. The van der Waals surface area contributed by atoms with Crippen LogP contribution in [0.1, 0.15) is 22.3 Å². The normalized spacial score (nSPS) is 18.3. The number of phenolic OH excluding ortho intramolecular Hbond substituents is 1. The molecule has 7 heteroatoms. The lowest BCUT2D eigenvalue weighted by Crippen LogP contribution is -2.37. The van der Waals surface area contributed by atoms with Gasteiger partial charge in [-0.3, -0.25) is 4.79 Å². The molecule has 1 aliphatic rings. The topological polar surface area (TPSA) is 58.6 Å². The minimum atomic E-state index is -4.80. The van der Waals surface area contributed by atoms with Gasteiger partial charge >= 0.3 is 6.36 Å². The minimum Gasteiger partial charge on any atom is -0.508 e. The predicted molar refractivity (Wildman–Crippen MR) is 101 cm³/mol. The van der Waals surface area contributed by atoms with Crippen LogP contribution in [0.25, 0.3) is 0 Å². The fourth-order valence-electron chi connectivity index (χ4n) is 3.83. The van der Waals surface area contributed by atoms with Crippen LogP contribution < -0.4 is 10.1 Å². The zero-order chi connectivity index (χ0) is 20.8. The second-order valence-corrected chi connectivity index (χ2v) is 6.82. The summed E-state index contributed by atoms with van der Waals surface area (Å²) < 4.78 is 41.5. The van der Waals surface area contributed by atoms with E-state index in [4.69, 9.17) is 0 Å². The number of alkyl halides is 3. The summed E-state index contributed by atoms with van der Waals surface area (Å²) in [5.41, 5.74) is 2.03. The van der Waals surface area contributed by atoms with Crippen LogP contribution in [0.15, 0.2) is 66.7 Å². The Morgan fingerprint density at radius 1 is 0.931 bits per heavy atom. The van der Waals surface area contributed by atoms with Crippen molar-refractivity contribution < 1.29 is 27.8 Å². The molecule has 1 atom stereocenters.